The summed E-state index contributed by atoms with van der Waals surface area (Å²) in [5.41, 5.74) is 1.28. The van der Waals surface area contributed by atoms with Crippen molar-refractivity contribution >= 4 is 11.6 Å². The summed E-state index contributed by atoms with van der Waals surface area (Å²) in [5.74, 6) is 0.411. The fourth-order valence-electron chi connectivity index (χ4n) is 2.72. The maximum atomic E-state index is 5.95. The maximum absolute atomic E-state index is 5.95. The molecule has 1 fully saturated rings. The van der Waals surface area contributed by atoms with Crippen molar-refractivity contribution in [2.24, 2.45) is 5.92 Å². The first kappa shape index (κ1) is 16.2. The van der Waals surface area contributed by atoms with Crippen molar-refractivity contribution in [3.8, 4) is 6.01 Å². The largest absolute Gasteiger partial charge is 0.463 e. The zero-order valence-corrected chi connectivity index (χ0v) is 13.7. The Kier molecular flexibility index (Phi) is 5.80. The van der Waals surface area contributed by atoms with Gasteiger partial charge in [0.25, 0.3) is 0 Å². The van der Waals surface area contributed by atoms with Crippen LogP contribution in [0.2, 0.25) is 5.02 Å². The number of nitrogens with zero attached hydrogens (tertiary/aromatic N) is 3. The molecule has 1 aromatic carbocycles. The van der Waals surface area contributed by atoms with Crippen LogP contribution < -0.4 is 10.1 Å². The Morgan fingerprint density at radius 1 is 1.22 bits per heavy atom. The summed E-state index contributed by atoms with van der Waals surface area (Å²) >= 11 is 5.95. The molecule has 1 atom stereocenters. The summed E-state index contributed by atoms with van der Waals surface area (Å²) in [6.07, 6.45) is 3.39. The minimum absolute atomic E-state index is 0.411. The molecule has 0 amide bonds. The highest BCUT2D eigenvalue weighted by atomic mass is 35.5. The number of hydrogen-bond donors (Lipinski definition) is 1. The molecule has 1 N–H and O–H groups in total. The Bertz CT molecular complexity index is 593. The Labute approximate surface area is 141 Å². The van der Waals surface area contributed by atoms with Gasteiger partial charge in [-0.05, 0) is 23.8 Å². The van der Waals surface area contributed by atoms with Crippen LogP contribution >= 0.6 is 11.6 Å². The lowest BCUT2D eigenvalue weighted by molar-refractivity contribution is 0.182. The quantitative estimate of drug-likeness (QED) is 0.910. The Hall–Kier alpha value is -1.69. The monoisotopic (exact) mass is 332 g/mol. The van der Waals surface area contributed by atoms with E-state index in [0.29, 0.717) is 18.5 Å². The van der Waals surface area contributed by atoms with E-state index in [-0.39, 0.29) is 0 Å². The van der Waals surface area contributed by atoms with E-state index in [1.807, 2.05) is 12.1 Å². The van der Waals surface area contributed by atoms with Gasteiger partial charge < -0.3 is 10.1 Å². The van der Waals surface area contributed by atoms with E-state index in [1.165, 1.54) is 5.56 Å². The molecule has 5 nitrogen and oxygen atoms in total. The molecule has 0 bridgehead atoms. The van der Waals surface area contributed by atoms with E-state index in [4.69, 9.17) is 16.3 Å². The van der Waals surface area contributed by atoms with Crippen molar-refractivity contribution in [1.29, 1.82) is 0 Å². The second kappa shape index (κ2) is 8.24. The first-order valence-electron chi connectivity index (χ1n) is 7.87. The summed E-state index contributed by atoms with van der Waals surface area (Å²) in [4.78, 5) is 10.7. The van der Waals surface area contributed by atoms with Crippen LogP contribution in [-0.2, 0) is 6.54 Å². The fraction of sp³-hybridized carbons (Fsp3) is 0.412. The molecule has 0 unspecified atom stereocenters. The van der Waals surface area contributed by atoms with Gasteiger partial charge in [0.2, 0.25) is 0 Å². The SMILES string of the molecule is Clc1ccc(CN2CCNC[C@H](COc3ncccn3)C2)cc1. The number of halogens is 1. The molecule has 2 heterocycles. The fourth-order valence-corrected chi connectivity index (χ4v) is 2.85. The summed E-state index contributed by atoms with van der Waals surface area (Å²) < 4.78 is 5.71. The average Bonchev–Trinajstić information content (AvgIpc) is 2.81. The summed E-state index contributed by atoms with van der Waals surface area (Å²) in [6.45, 7) is 5.50. The zero-order chi connectivity index (χ0) is 15.9. The van der Waals surface area contributed by atoms with Gasteiger partial charge in [0.05, 0.1) is 6.61 Å². The van der Waals surface area contributed by atoms with Crippen LogP contribution in [0.5, 0.6) is 6.01 Å². The lowest BCUT2D eigenvalue weighted by atomic mass is 10.1. The molecule has 6 heteroatoms. The van der Waals surface area contributed by atoms with Gasteiger partial charge in [0.1, 0.15) is 0 Å². The summed E-state index contributed by atoms with van der Waals surface area (Å²) in [7, 11) is 0. The minimum atomic E-state index is 0.411. The Balaban J connectivity index is 1.54. The van der Waals surface area contributed by atoms with Crippen LogP contribution in [0.1, 0.15) is 5.56 Å². The van der Waals surface area contributed by atoms with Gasteiger partial charge in [-0.25, -0.2) is 9.97 Å². The third kappa shape index (κ3) is 5.16. The minimum Gasteiger partial charge on any atom is -0.463 e. The Morgan fingerprint density at radius 3 is 2.78 bits per heavy atom. The van der Waals surface area contributed by atoms with Crippen LogP contribution in [0.4, 0.5) is 0 Å². The Morgan fingerprint density at radius 2 is 2.00 bits per heavy atom. The number of nitrogens with one attached hydrogen (secondary N) is 1. The molecule has 0 spiro atoms. The first-order chi connectivity index (χ1) is 11.3. The van der Waals surface area contributed by atoms with E-state index in [1.54, 1.807) is 18.5 Å². The lowest BCUT2D eigenvalue weighted by Gasteiger charge is -2.23. The standard InChI is InChI=1S/C17H21ClN4O/c18-16-4-2-14(3-5-16)11-22-9-8-19-10-15(12-22)13-23-17-20-6-1-7-21-17/h1-7,15,19H,8-13H2/t15-/m0/s1. The molecule has 0 saturated carbocycles. The number of ether oxygens (including phenoxy) is 1. The van der Waals surface area contributed by atoms with Crippen molar-refractivity contribution in [3.05, 3.63) is 53.3 Å². The number of hydrogen-bond acceptors (Lipinski definition) is 5. The number of aromatic nitrogens is 2. The molecule has 23 heavy (non-hydrogen) atoms. The van der Waals surface area contributed by atoms with E-state index >= 15 is 0 Å². The van der Waals surface area contributed by atoms with Gasteiger partial charge in [-0.1, -0.05) is 23.7 Å². The van der Waals surface area contributed by atoms with Gasteiger partial charge in [-0.15, -0.1) is 0 Å². The van der Waals surface area contributed by atoms with Gasteiger partial charge in [-0.3, -0.25) is 4.90 Å². The molecule has 1 saturated heterocycles. The average molecular weight is 333 g/mol. The van der Waals surface area contributed by atoms with E-state index in [0.717, 1.165) is 37.7 Å². The zero-order valence-electron chi connectivity index (χ0n) is 13.0. The van der Waals surface area contributed by atoms with Crippen LogP contribution in [0.15, 0.2) is 42.7 Å². The molecule has 0 aliphatic carbocycles. The van der Waals surface area contributed by atoms with Gasteiger partial charge in [0, 0.05) is 56.1 Å². The number of benzene rings is 1. The molecular formula is C17H21ClN4O. The van der Waals surface area contributed by atoms with Crippen LogP contribution in [-0.4, -0.2) is 47.7 Å². The van der Waals surface area contributed by atoms with Crippen molar-refractivity contribution < 1.29 is 4.74 Å². The molecule has 2 aromatic rings. The summed E-state index contributed by atoms with van der Waals surface area (Å²) in [6, 6.07) is 10.3. The smallest absolute Gasteiger partial charge is 0.316 e. The van der Waals surface area contributed by atoms with Crippen molar-refractivity contribution in [2.75, 3.05) is 32.8 Å². The highest BCUT2D eigenvalue weighted by molar-refractivity contribution is 6.30. The molecular weight excluding hydrogens is 312 g/mol. The van der Waals surface area contributed by atoms with Crippen LogP contribution in [0.3, 0.4) is 0 Å². The first-order valence-corrected chi connectivity index (χ1v) is 8.25. The van der Waals surface area contributed by atoms with Crippen molar-refractivity contribution in [1.82, 2.24) is 20.2 Å². The molecule has 1 aliphatic rings. The predicted molar refractivity (Wildman–Crippen MR) is 90.6 cm³/mol. The topological polar surface area (TPSA) is 50.3 Å². The van der Waals surface area contributed by atoms with Crippen LogP contribution in [0, 0.1) is 5.92 Å². The molecule has 122 valence electrons. The molecule has 0 radical (unpaired) electrons. The van der Waals surface area contributed by atoms with E-state index in [2.05, 4.69) is 32.3 Å². The highest BCUT2D eigenvalue weighted by Crippen LogP contribution is 2.14. The van der Waals surface area contributed by atoms with Gasteiger partial charge >= 0.3 is 6.01 Å². The van der Waals surface area contributed by atoms with Crippen molar-refractivity contribution in [2.45, 2.75) is 6.54 Å². The second-order valence-electron chi connectivity index (χ2n) is 5.77. The van der Waals surface area contributed by atoms with Crippen molar-refractivity contribution in [3.63, 3.8) is 0 Å². The van der Waals surface area contributed by atoms with Gasteiger partial charge in [0.15, 0.2) is 0 Å². The normalized spacial score (nSPS) is 19.3. The molecule has 1 aliphatic heterocycles. The predicted octanol–water partition coefficient (Wildman–Crippen LogP) is 2.23. The molecule has 1 aromatic heterocycles. The lowest BCUT2D eigenvalue weighted by Crippen LogP contribution is -2.32. The van der Waals surface area contributed by atoms with E-state index < -0.39 is 0 Å². The highest BCUT2D eigenvalue weighted by Gasteiger charge is 2.19. The second-order valence-corrected chi connectivity index (χ2v) is 6.21. The maximum Gasteiger partial charge on any atom is 0.316 e. The third-order valence-corrected chi connectivity index (χ3v) is 4.12. The third-order valence-electron chi connectivity index (χ3n) is 3.86. The van der Waals surface area contributed by atoms with E-state index in [9.17, 15) is 0 Å². The molecule has 3 rings (SSSR count). The number of rotatable bonds is 5. The van der Waals surface area contributed by atoms with Crippen LogP contribution in [0.25, 0.3) is 0 Å². The summed E-state index contributed by atoms with van der Waals surface area (Å²) in [5, 5.41) is 4.25. The van der Waals surface area contributed by atoms with Gasteiger partial charge in [-0.2, -0.15) is 0 Å².